The summed E-state index contributed by atoms with van der Waals surface area (Å²) in [5, 5.41) is 3.81. The van der Waals surface area contributed by atoms with Gasteiger partial charge in [-0.3, -0.25) is 0 Å². The first-order valence-corrected chi connectivity index (χ1v) is 4.94. The molecular weight excluding hydrogens is 274 g/mol. The quantitative estimate of drug-likeness (QED) is 0.420. The minimum Gasteiger partial charge on any atom is -0.332 e. The Bertz CT molecular complexity index is 332. The molecule has 0 saturated heterocycles. The molecule has 0 amide bonds. The molecule has 4 N–H and O–H groups in total. The molecule has 0 spiro atoms. The maximum atomic E-state index is 5.86. The lowest BCUT2D eigenvalue weighted by atomic mass is 10.3. The molecule has 0 aromatic heterocycles. The van der Waals surface area contributed by atoms with Crippen LogP contribution in [0, 0.1) is 0 Å². The summed E-state index contributed by atoms with van der Waals surface area (Å²) in [6.45, 7) is 0. The summed E-state index contributed by atoms with van der Waals surface area (Å²) in [5.41, 5.74) is 3.10. The molecule has 0 aliphatic rings. The predicted octanol–water partition coefficient (Wildman–Crippen LogP) is 2.26. The smallest absolute Gasteiger partial charge is 0.185 e. The number of nitrogens with two attached hydrogens (primary N) is 1. The summed E-state index contributed by atoms with van der Waals surface area (Å²) in [6.07, 6.45) is 0. The Labute approximate surface area is 94.7 Å². The Kier molecular flexibility index (Phi) is 3.92. The number of hydrogen-bond donors (Lipinski definition) is 3. The Hall–Kier alpha value is -0.360. The highest BCUT2D eigenvalue weighted by molar-refractivity contribution is 9.10. The summed E-state index contributed by atoms with van der Waals surface area (Å²) in [5.74, 6) is 5.09. The summed E-state index contributed by atoms with van der Waals surface area (Å²) >= 11 is 13.9. The number of halogens is 2. The van der Waals surface area contributed by atoms with Crippen molar-refractivity contribution < 1.29 is 0 Å². The van der Waals surface area contributed by atoms with Gasteiger partial charge < -0.3 is 10.7 Å². The number of rotatable bonds is 1. The van der Waals surface area contributed by atoms with E-state index in [0.717, 1.165) is 10.2 Å². The van der Waals surface area contributed by atoms with Crippen LogP contribution in [0.5, 0.6) is 0 Å². The monoisotopic (exact) mass is 279 g/mol. The standard InChI is InChI=1S/C7H7BrClN3S/c8-5-2-1-4(3-6(5)9)11-7(13)12-10/h1-3H,10H2,(H2,11,12,13). The number of nitrogens with one attached hydrogen (secondary N) is 2. The van der Waals surface area contributed by atoms with Gasteiger partial charge in [-0.25, -0.2) is 5.84 Å². The van der Waals surface area contributed by atoms with Crippen LogP contribution in [0.2, 0.25) is 5.02 Å². The lowest BCUT2D eigenvalue weighted by Gasteiger charge is -2.07. The van der Waals surface area contributed by atoms with Crippen molar-refractivity contribution in [2.75, 3.05) is 5.32 Å². The van der Waals surface area contributed by atoms with Gasteiger partial charge in [0.2, 0.25) is 0 Å². The van der Waals surface area contributed by atoms with Crippen molar-refractivity contribution in [1.82, 2.24) is 5.43 Å². The molecule has 1 aromatic carbocycles. The fraction of sp³-hybridized carbons (Fsp3) is 0. The van der Waals surface area contributed by atoms with E-state index >= 15 is 0 Å². The van der Waals surface area contributed by atoms with Gasteiger partial charge in [0.25, 0.3) is 0 Å². The Morgan fingerprint density at radius 3 is 2.77 bits per heavy atom. The molecule has 70 valence electrons. The molecule has 1 aromatic rings. The van der Waals surface area contributed by atoms with Crippen LogP contribution in [0.15, 0.2) is 22.7 Å². The highest BCUT2D eigenvalue weighted by Crippen LogP contribution is 2.25. The second-order valence-electron chi connectivity index (χ2n) is 2.23. The highest BCUT2D eigenvalue weighted by Gasteiger charge is 1.99. The van der Waals surface area contributed by atoms with Crippen LogP contribution in [0.25, 0.3) is 0 Å². The topological polar surface area (TPSA) is 50.1 Å². The number of hydrogen-bond acceptors (Lipinski definition) is 2. The first-order chi connectivity index (χ1) is 6.13. The molecule has 0 atom stereocenters. The second-order valence-corrected chi connectivity index (χ2v) is 3.90. The van der Waals surface area contributed by atoms with Crippen LogP contribution in [0.1, 0.15) is 0 Å². The number of hydrazine groups is 1. The maximum Gasteiger partial charge on any atom is 0.185 e. The zero-order chi connectivity index (χ0) is 9.84. The average Bonchev–Trinajstić information content (AvgIpc) is 2.11. The normalized spacial score (nSPS) is 9.46. The molecule has 0 saturated carbocycles. The molecule has 0 aliphatic carbocycles. The van der Waals surface area contributed by atoms with Gasteiger partial charge in [-0.05, 0) is 46.3 Å². The van der Waals surface area contributed by atoms with Crippen molar-refractivity contribution >= 4 is 50.5 Å². The first kappa shape index (κ1) is 10.7. The summed E-state index contributed by atoms with van der Waals surface area (Å²) < 4.78 is 0.839. The van der Waals surface area contributed by atoms with Crippen LogP contribution >= 0.6 is 39.7 Å². The van der Waals surface area contributed by atoms with E-state index in [1.807, 2.05) is 12.1 Å². The van der Waals surface area contributed by atoms with Gasteiger partial charge in [0.05, 0.1) is 5.02 Å². The van der Waals surface area contributed by atoms with E-state index in [1.165, 1.54) is 0 Å². The van der Waals surface area contributed by atoms with Crippen LogP contribution in [0.4, 0.5) is 5.69 Å². The summed E-state index contributed by atoms with van der Waals surface area (Å²) in [7, 11) is 0. The van der Waals surface area contributed by atoms with Crippen LogP contribution in [-0.4, -0.2) is 5.11 Å². The molecule has 1 rings (SSSR count). The van der Waals surface area contributed by atoms with Crippen LogP contribution in [0.3, 0.4) is 0 Å². The van der Waals surface area contributed by atoms with Crippen molar-refractivity contribution in [3.8, 4) is 0 Å². The van der Waals surface area contributed by atoms with E-state index in [9.17, 15) is 0 Å². The SMILES string of the molecule is NNC(=S)Nc1ccc(Br)c(Cl)c1. The van der Waals surface area contributed by atoms with E-state index in [0.29, 0.717) is 10.1 Å². The first-order valence-electron chi connectivity index (χ1n) is 3.36. The van der Waals surface area contributed by atoms with E-state index in [-0.39, 0.29) is 0 Å². The third-order valence-corrected chi connectivity index (χ3v) is 2.76. The van der Waals surface area contributed by atoms with Crippen molar-refractivity contribution in [3.05, 3.63) is 27.7 Å². The van der Waals surface area contributed by atoms with Crippen LogP contribution in [-0.2, 0) is 0 Å². The molecule has 0 aliphatic heterocycles. The Morgan fingerprint density at radius 2 is 2.23 bits per heavy atom. The van der Waals surface area contributed by atoms with Gasteiger partial charge in [-0.1, -0.05) is 11.6 Å². The maximum absolute atomic E-state index is 5.86. The minimum absolute atomic E-state index is 0.346. The Balaban J connectivity index is 2.79. The third-order valence-electron chi connectivity index (χ3n) is 1.31. The lowest BCUT2D eigenvalue weighted by molar-refractivity contribution is 1.04. The third kappa shape index (κ3) is 3.11. The largest absolute Gasteiger partial charge is 0.332 e. The van der Waals surface area contributed by atoms with E-state index < -0.39 is 0 Å². The number of anilines is 1. The molecule has 0 bridgehead atoms. The van der Waals surface area contributed by atoms with Crippen molar-refractivity contribution in [1.29, 1.82) is 0 Å². The zero-order valence-corrected chi connectivity index (χ0v) is 9.63. The van der Waals surface area contributed by atoms with Crippen molar-refractivity contribution in [2.24, 2.45) is 5.84 Å². The van der Waals surface area contributed by atoms with E-state index in [1.54, 1.807) is 6.07 Å². The van der Waals surface area contributed by atoms with Gasteiger partial charge in [0.15, 0.2) is 5.11 Å². The van der Waals surface area contributed by atoms with Gasteiger partial charge in [0.1, 0.15) is 0 Å². The van der Waals surface area contributed by atoms with Gasteiger partial charge in [-0.2, -0.15) is 0 Å². The van der Waals surface area contributed by atoms with Gasteiger partial charge >= 0.3 is 0 Å². The van der Waals surface area contributed by atoms with Crippen molar-refractivity contribution in [3.63, 3.8) is 0 Å². The predicted molar refractivity (Wildman–Crippen MR) is 62.7 cm³/mol. The van der Waals surface area contributed by atoms with E-state index in [2.05, 4.69) is 26.7 Å². The molecule has 3 nitrogen and oxygen atoms in total. The van der Waals surface area contributed by atoms with Gasteiger partial charge in [-0.15, -0.1) is 0 Å². The fourth-order valence-corrected chi connectivity index (χ4v) is 1.29. The van der Waals surface area contributed by atoms with E-state index in [4.69, 9.17) is 29.7 Å². The minimum atomic E-state index is 0.346. The van der Waals surface area contributed by atoms with Gasteiger partial charge in [0, 0.05) is 10.2 Å². The fourth-order valence-electron chi connectivity index (χ4n) is 0.741. The molecular formula is C7H7BrClN3S. The molecule has 0 heterocycles. The molecule has 0 fully saturated rings. The number of benzene rings is 1. The molecule has 6 heteroatoms. The lowest BCUT2D eigenvalue weighted by Crippen LogP contribution is -2.34. The molecule has 0 unspecified atom stereocenters. The Morgan fingerprint density at radius 1 is 1.54 bits per heavy atom. The average molecular weight is 281 g/mol. The molecule has 0 radical (unpaired) electrons. The van der Waals surface area contributed by atoms with Crippen molar-refractivity contribution in [2.45, 2.75) is 0 Å². The molecule has 13 heavy (non-hydrogen) atoms. The van der Waals surface area contributed by atoms with Crippen LogP contribution < -0.4 is 16.6 Å². The summed E-state index contributed by atoms with van der Waals surface area (Å²) in [4.78, 5) is 0. The highest BCUT2D eigenvalue weighted by atomic mass is 79.9. The number of thiocarbonyl (C=S) groups is 1. The summed E-state index contributed by atoms with van der Waals surface area (Å²) in [6, 6.07) is 5.40. The zero-order valence-electron chi connectivity index (χ0n) is 6.47. The second kappa shape index (κ2) is 4.76.